The topological polar surface area (TPSA) is 70.0 Å². The largest absolute Gasteiger partial charge is 0.504 e. The van der Waals surface area contributed by atoms with Crippen LogP contribution in [0.4, 0.5) is 0 Å². The Kier molecular flexibility index (Phi) is 12.5. The van der Waals surface area contributed by atoms with Gasteiger partial charge in [0.05, 0.1) is 6.10 Å². The third-order valence-corrected chi connectivity index (χ3v) is 7.49. The van der Waals surface area contributed by atoms with Crippen LogP contribution in [-0.4, -0.2) is 53.7 Å². The predicted octanol–water partition coefficient (Wildman–Crippen LogP) is 6.22. The summed E-state index contributed by atoms with van der Waals surface area (Å²) < 4.78 is 5.78. The lowest BCUT2D eigenvalue weighted by Crippen LogP contribution is -2.58. The van der Waals surface area contributed by atoms with E-state index in [4.69, 9.17) is 9.53 Å². The van der Waals surface area contributed by atoms with E-state index in [0.717, 1.165) is 55.6 Å². The Balaban J connectivity index is 0.000000705. The van der Waals surface area contributed by atoms with Crippen LogP contribution in [-0.2, 0) is 14.9 Å². The molecule has 1 saturated heterocycles. The number of carbonyl (C=O) groups is 1. The second-order valence-electron chi connectivity index (χ2n) is 9.19. The molecule has 1 aromatic carbocycles. The number of hydrogen-bond acceptors (Lipinski definition) is 5. The zero-order chi connectivity index (χ0) is 25.2. The fraction of sp³-hybridized carbons (Fsp3) is 0.750. The van der Waals surface area contributed by atoms with Gasteiger partial charge in [-0.1, -0.05) is 33.8 Å². The lowest BCUT2D eigenvalue weighted by Gasteiger charge is -2.56. The number of aldehydes is 1. The summed E-state index contributed by atoms with van der Waals surface area (Å²) in [5, 5.41) is 21.0. The summed E-state index contributed by atoms with van der Waals surface area (Å²) in [5.74, 6) is 1.49. The maximum atomic E-state index is 10.8. The van der Waals surface area contributed by atoms with Gasteiger partial charge in [0.15, 0.2) is 11.5 Å². The fourth-order valence-electron chi connectivity index (χ4n) is 5.91. The van der Waals surface area contributed by atoms with Gasteiger partial charge in [-0.15, -0.1) is 0 Å². The van der Waals surface area contributed by atoms with Gasteiger partial charge in [-0.3, -0.25) is 0 Å². The summed E-state index contributed by atoms with van der Waals surface area (Å²) in [6, 6.07) is 4.07. The highest BCUT2D eigenvalue weighted by atomic mass is 16.5. The Labute approximate surface area is 202 Å². The number of aryl methyl sites for hydroxylation is 1. The maximum Gasteiger partial charge on any atom is 0.161 e. The Hall–Kier alpha value is -1.59. The summed E-state index contributed by atoms with van der Waals surface area (Å²) in [7, 11) is 1.81. The monoisotopic (exact) mass is 463 g/mol. The first-order valence-electron chi connectivity index (χ1n) is 13.1. The van der Waals surface area contributed by atoms with E-state index >= 15 is 0 Å². The molecular weight excluding hydrogens is 414 g/mol. The van der Waals surface area contributed by atoms with Crippen LogP contribution in [0.2, 0.25) is 0 Å². The Morgan fingerprint density at radius 3 is 2.27 bits per heavy atom. The molecule has 1 heterocycles. The number of phenols is 2. The number of piperidine rings is 1. The third kappa shape index (κ3) is 6.73. The van der Waals surface area contributed by atoms with E-state index in [-0.39, 0.29) is 23.0 Å². The standard InChI is InChI=1S/C22H33NO3.C2H4O.2C2H6/c1-14-4-9-19(24)21(25)20(14)22-10-11-23(13-16-5-6-16)15(2)18(22)8-7-17(12-22)26-3;1-2-3;2*1-2/h4,9,15-18,24-25H,5-8,10-13H2,1-3H3;2H,1H3;2*1-2H3. The minimum Gasteiger partial charge on any atom is -0.504 e. The quantitative estimate of drug-likeness (QED) is 0.410. The molecule has 33 heavy (non-hydrogen) atoms. The number of fused-ring (bicyclic) bond motifs is 1. The number of nitrogens with zero attached hydrogens (tertiary/aromatic N) is 1. The van der Waals surface area contributed by atoms with Crippen LogP contribution in [0, 0.1) is 18.8 Å². The molecule has 0 radical (unpaired) electrons. The minimum atomic E-state index is -0.106. The van der Waals surface area contributed by atoms with Gasteiger partial charge >= 0.3 is 0 Å². The van der Waals surface area contributed by atoms with Crippen molar-refractivity contribution >= 4 is 6.29 Å². The van der Waals surface area contributed by atoms with E-state index in [0.29, 0.717) is 12.0 Å². The van der Waals surface area contributed by atoms with E-state index in [2.05, 4.69) is 18.7 Å². The molecule has 4 atom stereocenters. The first kappa shape index (κ1) is 29.4. The van der Waals surface area contributed by atoms with E-state index in [1.54, 1.807) is 13.2 Å². The number of aromatic hydroxyl groups is 2. The highest BCUT2D eigenvalue weighted by molar-refractivity contribution is 5.53. The molecule has 1 aliphatic heterocycles. The van der Waals surface area contributed by atoms with Crippen LogP contribution in [0.1, 0.15) is 91.2 Å². The van der Waals surface area contributed by atoms with Crippen molar-refractivity contribution < 1.29 is 19.7 Å². The Morgan fingerprint density at radius 1 is 1.12 bits per heavy atom. The van der Waals surface area contributed by atoms with Gasteiger partial charge in [0.2, 0.25) is 0 Å². The van der Waals surface area contributed by atoms with Gasteiger partial charge < -0.3 is 24.6 Å². The van der Waals surface area contributed by atoms with Crippen molar-refractivity contribution in [3.8, 4) is 11.5 Å². The second-order valence-corrected chi connectivity index (χ2v) is 9.19. The second kappa shape index (κ2) is 14.0. The van der Waals surface area contributed by atoms with Crippen LogP contribution in [0.15, 0.2) is 12.1 Å². The van der Waals surface area contributed by atoms with Crippen molar-refractivity contribution in [2.24, 2.45) is 11.8 Å². The van der Waals surface area contributed by atoms with Crippen LogP contribution < -0.4 is 0 Å². The molecular formula is C28H49NO4. The van der Waals surface area contributed by atoms with Crippen molar-refractivity contribution in [3.63, 3.8) is 0 Å². The minimum absolute atomic E-state index is 0.00586. The first-order valence-corrected chi connectivity index (χ1v) is 13.1. The average Bonchev–Trinajstić information content (AvgIpc) is 3.66. The maximum absolute atomic E-state index is 10.8. The lowest BCUT2D eigenvalue weighted by atomic mass is 9.55. The van der Waals surface area contributed by atoms with Crippen LogP contribution >= 0.6 is 0 Å². The molecule has 0 aromatic heterocycles. The van der Waals surface area contributed by atoms with Crippen molar-refractivity contribution in [1.82, 2.24) is 4.90 Å². The van der Waals surface area contributed by atoms with Gasteiger partial charge in [0.1, 0.15) is 6.29 Å². The molecule has 0 spiro atoms. The summed E-state index contributed by atoms with van der Waals surface area (Å²) in [6.45, 7) is 16.2. The van der Waals surface area contributed by atoms with Crippen LogP contribution in [0.25, 0.3) is 0 Å². The molecule has 2 N–H and O–H groups in total. The van der Waals surface area contributed by atoms with E-state index in [1.165, 1.54) is 26.3 Å². The number of rotatable bonds is 4. The van der Waals surface area contributed by atoms with Crippen LogP contribution in [0.3, 0.4) is 0 Å². The van der Waals surface area contributed by atoms with Crippen LogP contribution in [0.5, 0.6) is 11.5 Å². The Bertz CT molecular complexity index is 718. The lowest BCUT2D eigenvalue weighted by molar-refractivity contribution is -0.106. The van der Waals surface area contributed by atoms with Crippen molar-refractivity contribution in [1.29, 1.82) is 0 Å². The van der Waals surface area contributed by atoms with Crippen molar-refractivity contribution in [2.75, 3.05) is 20.2 Å². The molecule has 0 amide bonds. The predicted molar refractivity (Wildman–Crippen MR) is 137 cm³/mol. The molecule has 2 saturated carbocycles. The fourth-order valence-corrected chi connectivity index (χ4v) is 5.91. The van der Waals surface area contributed by atoms with Crippen molar-refractivity contribution in [2.45, 2.75) is 105 Å². The van der Waals surface area contributed by atoms with Gasteiger partial charge in [-0.25, -0.2) is 0 Å². The third-order valence-electron chi connectivity index (χ3n) is 7.49. The molecule has 1 aromatic rings. The average molecular weight is 464 g/mol. The van der Waals surface area contributed by atoms with E-state index in [9.17, 15) is 10.2 Å². The highest BCUT2D eigenvalue weighted by Gasteiger charge is 2.53. The highest BCUT2D eigenvalue weighted by Crippen LogP contribution is 2.56. The molecule has 0 bridgehead atoms. The number of phenolic OH excluding ortho intramolecular Hbond substituents is 2. The van der Waals surface area contributed by atoms with Gasteiger partial charge in [-0.05, 0) is 89.3 Å². The van der Waals surface area contributed by atoms with Gasteiger partial charge in [-0.2, -0.15) is 0 Å². The number of hydrogen-bond donors (Lipinski definition) is 2. The molecule has 3 aliphatic rings. The number of benzene rings is 1. The SMILES string of the molecule is CC.CC.CC=O.COC1CCC2C(C)N(CC3CC3)CCC2(c2c(C)ccc(O)c2O)C1. The molecule has 2 aliphatic carbocycles. The molecule has 3 fully saturated rings. The molecule has 4 rings (SSSR count). The normalized spacial score (nSPS) is 28.5. The van der Waals surface area contributed by atoms with E-state index < -0.39 is 0 Å². The van der Waals surface area contributed by atoms with E-state index in [1.807, 2.05) is 33.8 Å². The van der Waals surface area contributed by atoms with Gasteiger partial charge in [0, 0.05) is 30.7 Å². The zero-order valence-electron chi connectivity index (χ0n) is 22.4. The zero-order valence-corrected chi connectivity index (χ0v) is 22.4. The van der Waals surface area contributed by atoms with Gasteiger partial charge in [0.25, 0.3) is 0 Å². The molecule has 4 unspecified atom stereocenters. The molecule has 190 valence electrons. The summed E-state index contributed by atoms with van der Waals surface area (Å²) >= 11 is 0. The Morgan fingerprint density at radius 2 is 1.73 bits per heavy atom. The summed E-state index contributed by atoms with van der Waals surface area (Å²) in [5.41, 5.74) is 1.96. The molecule has 5 nitrogen and oxygen atoms in total. The first-order chi connectivity index (χ1) is 15.9. The van der Waals surface area contributed by atoms with Crippen molar-refractivity contribution in [3.05, 3.63) is 23.3 Å². The number of methoxy groups -OCH3 is 1. The number of carbonyl (C=O) groups excluding carboxylic acids is 1. The molecule has 5 heteroatoms. The smallest absolute Gasteiger partial charge is 0.161 e. The summed E-state index contributed by atoms with van der Waals surface area (Å²) in [4.78, 5) is 11.5. The number of ether oxygens (including phenoxy) is 1. The summed E-state index contributed by atoms with van der Waals surface area (Å²) in [6.07, 6.45) is 7.93. The number of likely N-dealkylation sites (tertiary alicyclic amines) is 1.